The molecular formula is C15H21FN2O2. The minimum absolute atomic E-state index is 0.0343. The first-order chi connectivity index (χ1) is 9.49. The first-order valence-corrected chi connectivity index (χ1v) is 6.91. The second-order valence-corrected chi connectivity index (χ2v) is 5.50. The van der Waals surface area contributed by atoms with Gasteiger partial charge in [-0.15, -0.1) is 0 Å². The highest BCUT2D eigenvalue weighted by atomic mass is 19.1. The zero-order chi connectivity index (χ0) is 14.7. The summed E-state index contributed by atoms with van der Waals surface area (Å²) < 4.78 is 12.8. The molecule has 1 saturated carbocycles. The molecule has 1 aromatic carbocycles. The summed E-state index contributed by atoms with van der Waals surface area (Å²) in [5.74, 6) is -1.10. The number of aliphatic hydroxyl groups excluding tert-OH is 1. The van der Waals surface area contributed by atoms with Crippen molar-refractivity contribution in [2.75, 3.05) is 13.6 Å². The fourth-order valence-electron chi connectivity index (χ4n) is 2.87. The Hall–Kier alpha value is -1.46. The van der Waals surface area contributed by atoms with E-state index in [9.17, 15) is 14.3 Å². The van der Waals surface area contributed by atoms with Gasteiger partial charge in [-0.3, -0.25) is 4.79 Å². The number of halogens is 1. The molecule has 1 aliphatic carbocycles. The molecule has 2 rings (SSSR count). The summed E-state index contributed by atoms with van der Waals surface area (Å²) in [7, 11) is 1.93. The van der Waals surface area contributed by atoms with E-state index in [1.54, 1.807) is 12.1 Å². The number of primary amides is 1. The van der Waals surface area contributed by atoms with Gasteiger partial charge in [0.1, 0.15) is 5.82 Å². The maximum Gasteiger partial charge on any atom is 0.223 e. The SMILES string of the molecule is CN(CCc1ccc(F)cc1)[C@@H]1CC[C@@H](C(N)=O)[C@@H]1O. The second kappa shape index (κ2) is 6.33. The maximum absolute atomic E-state index is 12.8. The van der Waals surface area contributed by atoms with E-state index in [0.29, 0.717) is 6.42 Å². The van der Waals surface area contributed by atoms with Gasteiger partial charge in [-0.1, -0.05) is 12.1 Å². The molecule has 3 N–H and O–H groups in total. The van der Waals surface area contributed by atoms with E-state index in [1.165, 1.54) is 12.1 Å². The van der Waals surface area contributed by atoms with E-state index in [-0.39, 0.29) is 11.9 Å². The van der Waals surface area contributed by atoms with Crippen molar-refractivity contribution in [1.82, 2.24) is 4.90 Å². The number of nitrogens with zero attached hydrogens (tertiary/aromatic N) is 1. The summed E-state index contributed by atoms with van der Waals surface area (Å²) in [4.78, 5) is 13.3. The molecule has 1 amide bonds. The van der Waals surface area contributed by atoms with Crippen LogP contribution in [0, 0.1) is 11.7 Å². The third-order valence-corrected chi connectivity index (χ3v) is 4.18. The Morgan fingerprint density at radius 3 is 2.60 bits per heavy atom. The van der Waals surface area contributed by atoms with Gasteiger partial charge in [-0.2, -0.15) is 0 Å². The molecule has 0 aliphatic heterocycles. The highest BCUT2D eigenvalue weighted by molar-refractivity contribution is 5.77. The second-order valence-electron chi connectivity index (χ2n) is 5.50. The van der Waals surface area contributed by atoms with Crippen LogP contribution in [0.3, 0.4) is 0 Å². The highest BCUT2D eigenvalue weighted by Crippen LogP contribution is 2.29. The third kappa shape index (κ3) is 3.35. The van der Waals surface area contributed by atoms with E-state index in [2.05, 4.69) is 4.90 Å². The first kappa shape index (κ1) is 14.9. The van der Waals surface area contributed by atoms with Gasteiger partial charge < -0.3 is 15.7 Å². The van der Waals surface area contributed by atoms with Crippen molar-refractivity contribution in [3.05, 3.63) is 35.6 Å². The summed E-state index contributed by atoms with van der Waals surface area (Å²) in [6.45, 7) is 0.749. The van der Waals surface area contributed by atoms with E-state index in [0.717, 1.165) is 24.9 Å². The molecule has 0 radical (unpaired) electrons. The van der Waals surface area contributed by atoms with Crippen molar-refractivity contribution in [2.24, 2.45) is 11.7 Å². The molecule has 110 valence electrons. The lowest BCUT2D eigenvalue weighted by atomic mass is 10.0. The topological polar surface area (TPSA) is 66.6 Å². The fraction of sp³-hybridized carbons (Fsp3) is 0.533. The first-order valence-electron chi connectivity index (χ1n) is 6.91. The van der Waals surface area contributed by atoms with Crippen LogP contribution in [0.4, 0.5) is 4.39 Å². The zero-order valence-electron chi connectivity index (χ0n) is 11.6. The molecule has 0 saturated heterocycles. The number of benzene rings is 1. The lowest BCUT2D eigenvalue weighted by Crippen LogP contribution is -2.43. The van der Waals surface area contributed by atoms with Gasteiger partial charge in [0.2, 0.25) is 5.91 Å². The Morgan fingerprint density at radius 1 is 1.40 bits per heavy atom. The van der Waals surface area contributed by atoms with Crippen molar-refractivity contribution in [3.8, 4) is 0 Å². The Balaban J connectivity index is 1.87. The Bertz CT molecular complexity index is 463. The zero-order valence-corrected chi connectivity index (χ0v) is 11.6. The van der Waals surface area contributed by atoms with Crippen molar-refractivity contribution >= 4 is 5.91 Å². The van der Waals surface area contributed by atoms with Crippen molar-refractivity contribution in [2.45, 2.75) is 31.4 Å². The van der Waals surface area contributed by atoms with Gasteiger partial charge in [-0.25, -0.2) is 4.39 Å². The van der Waals surface area contributed by atoms with E-state index in [4.69, 9.17) is 5.73 Å². The predicted molar refractivity (Wildman–Crippen MR) is 74.4 cm³/mol. The minimum atomic E-state index is -0.689. The number of nitrogens with two attached hydrogens (primary N) is 1. The molecule has 4 nitrogen and oxygen atoms in total. The number of aliphatic hydroxyl groups is 1. The number of carbonyl (C=O) groups excluding carboxylic acids is 1. The number of rotatable bonds is 5. The standard InChI is InChI=1S/C15H21FN2O2/c1-18(9-8-10-2-4-11(16)5-3-10)13-7-6-12(14(13)19)15(17)20/h2-5,12-14,19H,6-9H2,1H3,(H2,17,20)/t12-,13-,14+/m1/s1. The smallest absolute Gasteiger partial charge is 0.223 e. The normalized spacial score (nSPS) is 26.1. The van der Waals surface area contributed by atoms with Crippen LogP contribution >= 0.6 is 0 Å². The lowest BCUT2D eigenvalue weighted by Gasteiger charge is -2.28. The van der Waals surface area contributed by atoms with Gasteiger partial charge in [-0.05, 0) is 44.0 Å². The van der Waals surface area contributed by atoms with Crippen LogP contribution in [-0.2, 0) is 11.2 Å². The van der Waals surface area contributed by atoms with Crippen LogP contribution in [0.2, 0.25) is 0 Å². The summed E-state index contributed by atoms with van der Waals surface area (Å²) >= 11 is 0. The van der Waals surface area contributed by atoms with E-state index < -0.39 is 17.9 Å². The molecule has 3 atom stereocenters. The monoisotopic (exact) mass is 280 g/mol. The minimum Gasteiger partial charge on any atom is -0.391 e. The number of hydrogen-bond donors (Lipinski definition) is 2. The van der Waals surface area contributed by atoms with Crippen molar-refractivity contribution < 1.29 is 14.3 Å². The lowest BCUT2D eigenvalue weighted by molar-refractivity contribution is -0.124. The molecular weight excluding hydrogens is 259 g/mol. The molecule has 0 heterocycles. The van der Waals surface area contributed by atoms with Gasteiger partial charge in [0, 0.05) is 12.6 Å². The maximum atomic E-state index is 12.8. The van der Waals surface area contributed by atoms with Crippen LogP contribution in [-0.4, -0.2) is 41.7 Å². The van der Waals surface area contributed by atoms with Gasteiger partial charge in [0.15, 0.2) is 0 Å². The molecule has 1 fully saturated rings. The predicted octanol–water partition coefficient (Wildman–Crippen LogP) is 0.925. The molecule has 5 heteroatoms. The molecule has 0 spiro atoms. The molecule has 20 heavy (non-hydrogen) atoms. The molecule has 0 bridgehead atoms. The number of amides is 1. The van der Waals surface area contributed by atoms with Crippen LogP contribution < -0.4 is 5.73 Å². The summed E-state index contributed by atoms with van der Waals surface area (Å²) in [6, 6.07) is 6.39. The number of likely N-dealkylation sites (N-methyl/N-ethyl adjacent to an activating group) is 1. The quantitative estimate of drug-likeness (QED) is 0.843. The fourth-order valence-corrected chi connectivity index (χ4v) is 2.87. The van der Waals surface area contributed by atoms with Crippen molar-refractivity contribution in [3.63, 3.8) is 0 Å². The summed E-state index contributed by atoms with van der Waals surface area (Å²) in [6.07, 6.45) is 1.50. The third-order valence-electron chi connectivity index (χ3n) is 4.18. The van der Waals surface area contributed by atoms with Crippen LogP contribution in [0.15, 0.2) is 24.3 Å². The summed E-state index contributed by atoms with van der Waals surface area (Å²) in [5, 5.41) is 10.1. The Morgan fingerprint density at radius 2 is 2.05 bits per heavy atom. The van der Waals surface area contributed by atoms with Gasteiger partial charge >= 0.3 is 0 Å². The van der Waals surface area contributed by atoms with Crippen molar-refractivity contribution in [1.29, 1.82) is 0 Å². The molecule has 0 unspecified atom stereocenters. The van der Waals surface area contributed by atoms with Crippen LogP contribution in [0.1, 0.15) is 18.4 Å². The van der Waals surface area contributed by atoms with Crippen LogP contribution in [0.25, 0.3) is 0 Å². The molecule has 0 aromatic heterocycles. The highest BCUT2D eigenvalue weighted by Gasteiger charge is 2.39. The molecule has 1 aromatic rings. The van der Waals surface area contributed by atoms with Crippen LogP contribution in [0.5, 0.6) is 0 Å². The number of carbonyl (C=O) groups is 1. The average molecular weight is 280 g/mol. The number of hydrogen-bond acceptors (Lipinski definition) is 3. The largest absolute Gasteiger partial charge is 0.391 e. The van der Waals surface area contributed by atoms with E-state index in [1.807, 2.05) is 7.05 Å². The average Bonchev–Trinajstić information content (AvgIpc) is 2.80. The van der Waals surface area contributed by atoms with E-state index >= 15 is 0 Å². The molecule has 1 aliphatic rings. The Kier molecular flexibility index (Phi) is 4.73. The van der Waals surface area contributed by atoms with Gasteiger partial charge in [0.25, 0.3) is 0 Å². The summed E-state index contributed by atoms with van der Waals surface area (Å²) in [5.41, 5.74) is 6.33. The Labute approximate surface area is 118 Å². The van der Waals surface area contributed by atoms with Gasteiger partial charge in [0.05, 0.1) is 12.0 Å².